The fourth-order valence-electron chi connectivity index (χ4n) is 6.65. The first-order valence-corrected chi connectivity index (χ1v) is 15.1. The Morgan fingerprint density at radius 3 is 2.57 bits per heavy atom. The van der Waals surface area contributed by atoms with E-state index in [0.717, 1.165) is 70.6 Å². The lowest BCUT2D eigenvalue weighted by molar-refractivity contribution is -0.140. The third kappa shape index (κ3) is 6.37. The maximum atomic E-state index is 13.9. The van der Waals surface area contributed by atoms with Gasteiger partial charge in [0.25, 0.3) is 0 Å². The zero-order valence-corrected chi connectivity index (χ0v) is 24.2. The molecule has 4 aliphatic rings. The first kappa shape index (κ1) is 28.4. The lowest BCUT2D eigenvalue weighted by Gasteiger charge is -2.39. The molecule has 4 heterocycles. The quantitative estimate of drug-likeness (QED) is 0.479. The SMILES string of the molecule is Cc1cccc(C2CN(C3CCOCC3)C(=O)N2C2CCN(Cc3ccc(OC4=CCC(C(=O)O)C=C4)nc3)CC2)c1. The van der Waals surface area contributed by atoms with Crippen LogP contribution in [0, 0.1) is 12.8 Å². The number of likely N-dealkylation sites (tertiary alicyclic amines) is 1. The summed E-state index contributed by atoms with van der Waals surface area (Å²) in [5.41, 5.74) is 3.57. The summed E-state index contributed by atoms with van der Waals surface area (Å²) in [6.45, 7) is 6.97. The maximum Gasteiger partial charge on any atom is 0.321 e. The highest BCUT2D eigenvalue weighted by Crippen LogP contribution is 2.37. The first-order valence-electron chi connectivity index (χ1n) is 15.1. The summed E-state index contributed by atoms with van der Waals surface area (Å²) < 4.78 is 11.4. The fourth-order valence-corrected chi connectivity index (χ4v) is 6.65. The average Bonchev–Trinajstić information content (AvgIpc) is 3.36. The molecule has 6 rings (SSSR count). The van der Waals surface area contributed by atoms with Gasteiger partial charge >= 0.3 is 12.0 Å². The summed E-state index contributed by atoms with van der Waals surface area (Å²) in [6, 6.07) is 13.3. The van der Waals surface area contributed by atoms with Crippen molar-refractivity contribution >= 4 is 12.0 Å². The van der Waals surface area contributed by atoms with Gasteiger partial charge in [0, 0.05) is 63.7 Å². The highest BCUT2D eigenvalue weighted by molar-refractivity contribution is 5.78. The highest BCUT2D eigenvalue weighted by Gasteiger charge is 2.45. The standard InChI is InChI=1S/C33H40N4O5/c1-23-3-2-4-26(19-23)30-22-36(27-13-17-41-18-14-27)33(40)37(30)28-11-15-35(16-12-28)21-24-5-10-31(34-20-24)42-29-8-6-25(7-9-29)32(38)39/h2-6,8-10,19-20,25,27-28,30H,7,11-18,21-22H2,1H3,(H,38,39). The number of rotatable bonds is 8. The number of hydrogen-bond donors (Lipinski definition) is 1. The van der Waals surface area contributed by atoms with Crippen molar-refractivity contribution in [2.45, 2.75) is 63.7 Å². The molecule has 0 saturated carbocycles. The molecule has 3 saturated heterocycles. The minimum absolute atomic E-state index is 0.0812. The Balaban J connectivity index is 1.06. The summed E-state index contributed by atoms with van der Waals surface area (Å²) in [6.07, 6.45) is 11.1. The van der Waals surface area contributed by atoms with Crippen LogP contribution in [0.5, 0.6) is 5.88 Å². The van der Waals surface area contributed by atoms with Gasteiger partial charge in [-0.05, 0) is 62.3 Å². The number of ether oxygens (including phenoxy) is 2. The Labute approximate surface area is 247 Å². The van der Waals surface area contributed by atoms with E-state index in [2.05, 4.69) is 50.9 Å². The lowest BCUT2D eigenvalue weighted by atomic mass is 9.98. The molecule has 1 aromatic heterocycles. The van der Waals surface area contributed by atoms with Crippen LogP contribution < -0.4 is 4.74 Å². The molecule has 2 atom stereocenters. The van der Waals surface area contributed by atoms with E-state index >= 15 is 0 Å². The van der Waals surface area contributed by atoms with E-state index in [1.54, 1.807) is 18.2 Å². The number of amides is 2. The molecular weight excluding hydrogens is 532 g/mol. The van der Waals surface area contributed by atoms with Crippen LogP contribution >= 0.6 is 0 Å². The number of carboxylic acid groups (broad SMARTS) is 1. The van der Waals surface area contributed by atoms with Gasteiger partial charge < -0.3 is 24.4 Å². The second-order valence-electron chi connectivity index (χ2n) is 11.9. The number of pyridine rings is 1. The number of aliphatic carboxylic acids is 1. The van der Waals surface area contributed by atoms with Crippen LogP contribution in [0.3, 0.4) is 0 Å². The van der Waals surface area contributed by atoms with Gasteiger partial charge in [-0.15, -0.1) is 0 Å². The number of benzene rings is 1. The number of carbonyl (C=O) groups excluding carboxylic acids is 1. The molecule has 3 aliphatic heterocycles. The number of allylic oxidation sites excluding steroid dienone is 2. The van der Waals surface area contributed by atoms with Crippen LogP contribution in [0.15, 0.2) is 66.6 Å². The second kappa shape index (κ2) is 12.7. The van der Waals surface area contributed by atoms with Crippen LogP contribution in [0.2, 0.25) is 0 Å². The summed E-state index contributed by atoms with van der Waals surface area (Å²) in [4.78, 5) is 36.3. The van der Waals surface area contributed by atoms with Gasteiger partial charge in [-0.1, -0.05) is 42.0 Å². The molecule has 9 heteroatoms. The molecule has 2 amide bonds. The molecule has 2 unspecified atom stereocenters. The van der Waals surface area contributed by atoms with Crippen molar-refractivity contribution in [3.8, 4) is 5.88 Å². The van der Waals surface area contributed by atoms with E-state index in [4.69, 9.17) is 14.6 Å². The van der Waals surface area contributed by atoms with Crippen molar-refractivity contribution in [1.29, 1.82) is 0 Å². The molecule has 0 spiro atoms. The van der Waals surface area contributed by atoms with Crippen molar-refractivity contribution in [1.82, 2.24) is 19.7 Å². The Kier molecular flexibility index (Phi) is 8.58. The second-order valence-corrected chi connectivity index (χ2v) is 11.9. The van der Waals surface area contributed by atoms with Crippen molar-refractivity contribution in [3.63, 3.8) is 0 Å². The van der Waals surface area contributed by atoms with Crippen LogP contribution in [0.25, 0.3) is 0 Å². The zero-order valence-electron chi connectivity index (χ0n) is 24.2. The Morgan fingerprint density at radius 1 is 1.10 bits per heavy atom. The van der Waals surface area contributed by atoms with Crippen molar-refractivity contribution in [2.75, 3.05) is 32.8 Å². The summed E-state index contributed by atoms with van der Waals surface area (Å²) in [7, 11) is 0. The maximum absolute atomic E-state index is 13.9. The number of urea groups is 1. The van der Waals surface area contributed by atoms with Gasteiger partial charge in [-0.3, -0.25) is 9.69 Å². The first-order chi connectivity index (χ1) is 20.4. The molecule has 1 aliphatic carbocycles. The van der Waals surface area contributed by atoms with Gasteiger partial charge in [0.15, 0.2) is 0 Å². The van der Waals surface area contributed by atoms with Crippen molar-refractivity contribution in [2.24, 2.45) is 5.92 Å². The van der Waals surface area contributed by atoms with Gasteiger partial charge in [-0.25, -0.2) is 9.78 Å². The number of hydrogen-bond acceptors (Lipinski definition) is 6. The molecule has 42 heavy (non-hydrogen) atoms. The van der Waals surface area contributed by atoms with Crippen LogP contribution in [-0.4, -0.2) is 81.7 Å². The van der Waals surface area contributed by atoms with E-state index in [9.17, 15) is 9.59 Å². The fraction of sp³-hybridized carbons (Fsp3) is 0.485. The number of piperidine rings is 1. The molecule has 222 valence electrons. The Hall–Kier alpha value is -3.69. The number of nitrogens with zero attached hydrogens (tertiary/aromatic N) is 4. The van der Waals surface area contributed by atoms with E-state index in [1.165, 1.54) is 11.1 Å². The van der Waals surface area contributed by atoms with Crippen molar-refractivity contribution in [3.05, 3.63) is 83.3 Å². The summed E-state index contributed by atoms with van der Waals surface area (Å²) in [5.74, 6) is -0.223. The van der Waals surface area contributed by atoms with Crippen LogP contribution in [0.1, 0.15) is 54.8 Å². The number of aromatic nitrogens is 1. The normalized spacial score (nSPS) is 24.2. The number of aryl methyl sites for hydroxylation is 1. The van der Waals surface area contributed by atoms with E-state index in [0.29, 0.717) is 18.1 Å². The zero-order chi connectivity index (χ0) is 29.1. The van der Waals surface area contributed by atoms with Crippen molar-refractivity contribution < 1.29 is 24.2 Å². The van der Waals surface area contributed by atoms with E-state index in [1.807, 2.05) is 18.3 Å². The monoisotopic (exact) mass is 572 g/mol. The molecular formula is C33H40N4O5. The largest absolute Gasteiger partial charge is 0.481 e. The molecule has 1 aromatic carbocycles. The van der Waals surface area contributed by atoms with Crippen LogP contribution in [0.4, 0.5) is 4.79 Å². The lowest BCUT2D eigenvalue weighted by Crippen LogP contribution is -2.48. The predicted molar refractivity (Wildman–Crippen MR) is 158 cm³/mol. The molecule has 9 nitrogen and oxygen atoms in total. The van der Waals surface area contributed by atoms with Crippen LogP contribution in [-0.2, 0) is 16.1 Å². The van der Waals surface area contributed by atoms with E-state index in [-0.39, 0.29) is 24.2 Å². The Morgan fingerprint density at radius 2 is 1.90 bits per heavy atom. The number of carboxylic acids is 1. The average molecular weight is 573 g/mol. The van der Waals surface area contributed by atoms with Gasteiger partial charge in [0.1, 0.15) is 5.76 Å². The molecule has 3 fully saturated rings. The van der Waals surface area contributed by atoms with Gasteiger partial charge in [0.2, 0.25) is 5.88 Å². The molecule has 2 aromatic rings. The molecule has 0 bridgehead atoms. The topological polar surface area (TPSA) is 95.4 Å². The van der Waals surface area contributed by atoms with Gasteiger partial charge in [0.05, 0.1) is 12.0 Å². The minimum Gasteiger partial charge on any atom is -0.481 e. The molecule has 0 radical (unpaired) electrons. The highest BCUT2D eigenvalue weighted by atomic mass is 16.5. The van der Waals surface area contributed by atoms with E-state index < -0.39 is 11.9 Å². The molecule has 1 N–H and O–H groups in total. The minimum atomic E-state index is -0.830. The summed E-state index contributed by atoms with van der Waals surface area (Å²) >= 11 is 0. The third-order valence-electron chi connectivity index (χ3n) is 8.99. The third-order valence-corrected chi connectivity index (χ3v) is 8.99. The summed E-state index contributed by atoms with van der Waals surface area (Å²) in [5, 5.41) is 9.13. The van der Waals surface area contributed by atoms with Gasteiger partial charge in [-0.2, -0.15) is 0 Å². The number of carbonyl (C=O) groups is 2. The Bertz CT molecular complexity index is 1330. The predicted octanol–water partition coefficient (Wildman–Crippen LogP) is 4.94. The smallest absolute Gasteiger partial charge is 0.321 e.